The van der Waals surface area contributed by atoms with Crippen molar-refractivity contribution in [3.8, 4) is 11.4 Å². The molecule has 3 heterocycles. The van der Waals surface area contributed by atoms with Crippen LogP contribution >= 0.6 is 0 Å². The molecule has 1 N–H and O–H groups in total. The number of hydrogen-bond acceptors (Lipinski definition) is 7. The molecule has 1 aromatic carbocycles. The number of aryl methyl sites for hydroxylation is 2. The summed E-state index contributed by atoms with van der Waals surface area (Å²) in [5.74, 6) is 0.658. The fraction of sp³-hybridized carbons (Fsp3) is 0.500. The molecule has 2 aromatic heterocycles. The Morgan fingerprint density at radius 3 is 2.71 bits per heavy atom. The van der Waals surface area contributed by atoms with Gasteiger partial charge in [-0.05, 0) is 60.1 Å². The second-order valence-corrected chi connectivity index (χ2v) is 9.45. The van der Waals surface area contributed by atoms with E-state index in [9.17, 15) is 9.18 Å². The molecule has 34 heavy (non-hydrogen) atoms. The predicted molar refractivity (Wildman–Crippen MR) is 127 cm³/mol. The molecule has 1 amide bonds. The fourth-order valence-corrected chi connectivity index (χ4v) is 4.22. The number of hydrogen-bond donors (Lipinski definition) is 1. The van der Waals surface area contributed by atoms with Gasteiger partial charge in [0, 0.05) is 19.2 Å². The molecule has 0 bridgehead atoms. The molecule has 4 rings (SSSR count). The number of anilines is 1. The molecule has 0 aliphatic carbocycles. The van der Waals surface area contributed by atoms with E-state index in [1.165, 1.54) is 6.07 Å². The number of nitrogens with one attached hydrogen (secondary N) is 1. The van der Waals surface area contributed by atoms with E-state index in [0.29, 0.717) is 42.5 Å². The zero-order valence-electron chi connectivity index (χ0n) is 20.5. The first kappa shape index (κ1) is 23.7. The van der Waals surface area contributed by atoms with Crippen LogP contribution in [0.25, 0.3) is 16.6 Å². The van der Waals surface area contributed by atoms with Gasteiger partial charge in [0.2, 0.25) is 0 Å². The zero-order chi connectivity index (χ0) is 24.6. The molecule has 9 nitrogen and oxygen atoms in total. The van der Waals surface area contributed by atoms with E-state index >= 15 is 0 Å². The lowest BCUT2D eigenvalue weighted by Crippen LogP contribution is -2.40. The van der Waals surface area contributed by atoms with Gasteiger partial charge in [-0.3, -0.25) is 0 Å². The molecule has 0 unspecified atom stereocenters. The number of carbonyl (C=O) groups excluding carboxylic acids is 1. The normalized spacial score (nSPS) is 16.2. The number of amides is 1. The van der Waals surface area contributed by atoms with Crippen molar-refractivity contribution in [3.05, 3.63) is 35.4 Å². The average molecular weight is 471 g/mol. The molecule has 10 heteroatoms. The summed E-state index contributed by atoms with van der Waals surface area (Å²) in [6, 6.07) is 4.67. The summed E-state index contributed by atoms with van der Waals surface area (Å²) in [5, 5.41) is 17.3. The maximum absolute atomic E-state index is 14.9. The summed E-state index contributed by atoms with van der Waals surface area (Å²) in [7, 11) is 0. The topological polar surface area (TPSA) is 94.4 Å². The van der Waals surface area contributed by atoms with Crippen LogP contribution in [0.1, 0.15) is 45.5 Å². The van der Waals surface area contributed by atoms with E-state index in [2.05, 4.69) is 15.5 Å². The molecule has 1 aliphatic heterocycles. The van der Waals surface area contributed by atoms with Crippen LogP contribution in [0.2, 0.25) is 0 Å². The van der Waals surface area contributed by atoms with Crippen LogP contribution in [-0.4, -0.2) is 57.4 Å². The van der Waals surface area contributed by atoms with Gasteiger partial charge in [0.05, 0.1) is 29.4 Å². The lowest BCUT2D eigenvalue weighted by molar-refractivity contribution is 0.0509. The second kappa shape index (κ2) is 9.08. The minimum atomic E-state index is -0.558. The standard InChI is InChI=1S/C24H31FN6O3/c1-7-33-17-8-9-19(18(25)12-17)31-15(3)20-14(2)27-28-22(21(20)29-31)30-11-10-16(13-30)26-23(32)34-24(4,5)6/h8-9,12,16H,7,10-11,13H2,1-6H3,(H,26,32)/t16-/m0/s1. The number of fused-ring (bicyclic) bond motifs is 1. The van der Waals surface area contributed by atoms with Crippen molar-refractivity contribution in [1.29, 1.82) is 0 Å². The Morgan fingerprint density at radius 2 is 2.03 bits per heavy atom. The van der Waals surface area contributed by atoms with Gasteiger partial charge in [0.15, 0.2) is 11.6 Å². The number of halogens is 1. The highest BCUT2D eigenvalue weighted by Crippen LogP contribution is 2.32. The van der Waals surface area contributed by atoms with Gasteiger partial charge in [-0.25, -0.2) is 13.9 Å². The number of rotatable bonds is 5. The van der Waals surface area contributed by atoms with E-state index in [0.717, 1.165) is 23.2 Å². The third-order valence-electron chi connectivity index (χ3n) is 5.65. The summed E-state index contributed by atoms with van der Waals surface area (Å²) >= 11 is 0. The molecule has 1 saturated heterocycles. The van der Waals surface area contributed by atoms with Crippen LogP contribution in [0.4, 0.5) is 15.0 Å². The average Bonchev–Trinajstić information content (AvgIpc) is 3.32. The quantitative estimate of drug-likeness (QED) is 0.601. The smallest absolute Gasteiger partial charge is 0.407 e. The molecule has 0 saturated carbocycles. The summed E-state index contributed by atoms with van der Waals surface area (Å²) in [6.07, 6.45) is 0.300. The number of carbonyl (C=O) groups is 1. The van der Waals surface area contributed by atoms with Gasteiger partial charge in [0.25, 0.3) is 0 Å². The predicted octanol–water partition coefficient (Wildman–Crippen LogP) is 4.07. The van der Waals surface area contributed by atoms with Crippen molar-refractivity contribution in [2.45, 2.75) is 59.6 Å². The molecule has 0 spiro atoms. The van der Waals surface area contributed by atoms with Crippen LogP contribution in [-0.2, 0) is 4.74 Å². The largest absolute Gasteiger partial charge is 0.494 e. The van der Waals surface area contributed by atoms with Crippen LogP contribution in [0.15, 0.2) is 18.2 Å². The van der Waals surface area contributed by atoms with E-state index in [-0.39, 0.29) is 6.04 Å². The zero-order valence-corrected chi connectivity index (χ0v) is 20.5. The van der Waals surface area contributed by atoms with Gasteiger partial charge in [-0.1, -0.05) is 0 Å². The summed E-state index contributed by atoms with van der Waals surface area (Å²) in [4.78, 5) is 14.2. The highest BCUT2D eigenvalue weighted by atomic mass is 19.1. The minimum absolute atomic E-state index is 0.0836. The lowest BCUT2D eigenvalue weighted by atomic mass is 10.2. The number of aromatic nitrogens is 4. The monoisotopic (exact) mass is 470 g/mol. The number of nitrogens with zero attached hydrogens (tertiary/aromatic N) is 5. The van der Waals surface area contributed by atoms with Gasteiger partial charge in [-0.15, -0.1) is 5.10 Å². The summed E-state index contributed by atoms with van der Waals surface area (Å²) in [5.41, 5.74) is 1.91. The van der Waals surface area contributed by atoms with E-state index in [1.54, 1.807) is 16.8 Å². The molecule has 1 atom stereocenters. The van der Waals surface area contributed by atoms with Crippen molar-refractivity contribution in [2.24, 2.45) is 0 Å². The minimum Gasteiger partial charge on any atom is -0.494 e. The van der Waals surface area contributed by atoms with Crippen molar-refractivity contribution in [2.75, 3.05) is 24.6 Å². The first-order valence-corrected chi connectivity index (χ1v) is 11.5. The summed E-state index contributed by atoms with van der Waals surface area (Å²) in [6.45, 7) is 12.8. The van der Waals surface area contributed by atoms with Crippen LogP contribution in [0.5, 0.6) is 5.75 Å². The lowest BCUT2D eigenvalue weighted by Gasteiger charge is -2.22. The molecular weight excluding hydrogens is 439 g/mol. The Hall–Kier alpha value is -3.43. The van der Waals surface area contributed by atoms with Crippen molar-refractivity contribution < 1.29 is 18.7 Å². The first-order chi connectivity index (χ1) is 16.1. The van der Waals surface area contributed by atoms with E-state index in [4.69, 9.17) is 14.6 Å². The van der Waals surface area contributed by atoms with Crippen LogP contribution < -0.4 is 15.0 Å². The van der Waals surface area contributed by atoms with E-state index < -0.39 is 17.5 Å². The van der Waals surface area contributed by atoms with Gasteiger partial charge in [-0.2, -0.15) is 10.2 Å². The van der Waals surface area contributed by atoms with Gasteiger partial charge in [0.1, 0.15) is 22.6 Å². The van der Waals surface area contributed by atoms with Crippen molar-refractivity contribution in [1.82, 2.24) is 25.3 Å². The highest BCUT2D eigenvalue weighted by molar-refractivity contribution is 5.92. The Bertz CT molecular complexity index is 1220. The molecule has 1 fully saturated rings. The third kappa shape index (κ3) is 4.76. The molecule has 3 aromatic rings. The Labute approximate surface area is 198 Å². The van der Waals surface area contributed by atoms with Gasteiger partial charge < -0.3 is 19.7 Å². The fourth-order valence-electron chi connectivity index (χ4n) is 4.22. The van der Waals surface area contributed by atoms with Crippen LogP contribution in [0.3, 0.4) is 0 Å². The maximum Gasteiger partial charge on any atom is 0.407 e. The Kier molecular flexibility index (Phi) is 6.33. The van der Waals surface area contributed by atoms with Crippen molar-refractivity contribution in [3.63, 3.8) is 0 Å². The number of ether oxygens (including phenoxy) is 2. The number of benzene rings is 1. The molecule has 0 radical (unpaired) electrons. The molecule has 182 valence electrons. The van der Waals surface area contributed by atoms with Crippen LogP contribution in [0, 0.1) is 19.7 Å². The molecular formula is C24H31FN6O3. The third-order valence-corrected chi connectivity index (χ3v) is 5.65. The Morgan fingerprint density at radius 1 is 1.26 bits per heavy atom. The maximum atomic E-state index is 14.9. The SMILES string of the molecule is CCOc1ccc(-n2nc3c(N4CC[C@H](NC(=O)OC(C)(C)C)C4)nnc(C)c3c2C)c(F)c1. The highest BCUT2D eigenvalue weighted by Gasteiger charge is 2.30. The first-order valence-electron chi connectivity index (χ1n) is 11.5. The molecule has 1 aliphatic rings. The Balaban J connectivity index is 1.63. The van der Waals surface area contributed by atoms with E-state index in [1.807, 2.05) is 46.4 Å². The second-order valence-electron chi connectivity index (χ2n) is 9.45. The summed E-state index contributed by atoms with van der Waals surface area (Å²) < 4.78 is 27.3. The van der Waals surface area contributed by atoms with Crippen molar-refractivity contribution >= 4 is 22.8 Å². The number of alkyl carbamates (subject to hydrolysis) is 1. The van der Waals surface area contributed by atoms with Gasteiger partial charge >= 0.3 is 6.09 Å².